The largest absolute Gasteiger partial charge is 0.456 e. The van der Waals surface area contributed by atoms with Crippen LogP contribution in [-0.2, 0) is 24.3 Å². The number of anilines is 1. The molecule has 3 aromatic carbocycles. The summed E-state index contributed by atoms with van der Waals surface area (Å²) in [4.78, 5) is 22.2. The van der Waals surface area contributed by atoms with Crippen LogP contribution in [0.1, 0.15) is 22.4 Å². The number of pyridine rings is 1. The summed E-state index contributed by atoms with van der Waals surface area (Å²) in [5.74, 6) is 0.908. The molecule has 6 rings (SSSR count). The number of carbonyl (C=O) groups excluding carboxylic acids is 1. The lowest BCUT2D eigenvalue weighted by atomic mass is 10.0. The van der Waals surface area contributed by atoms with Crippen molar-refractivity contribution in [3.05, 3.63) is 114 Å². The zero-order chi connectivity index (χ0) is 25.9. The van der Waals surface area contributed by atoms with E-state index in [0.29, 0.717) is 42.3 Å². The van der Waals surface area contributed by atoms with E-state index in [0.717, 1.165) is 27.6 Å². The molecule has 0 spiro atoms. The number of nitrogens with zero attached hydrogens (tertiary/aromatic N) is 4. The minimum atomic E-state index is -0.508. The number of aromatic nitrogens is 3. The van der Waals surface area contributed by atoms with Crippen LogP contribution in [0, 0.1) is 11.3 Å². The summed E-state index contributed by atoms with van der Waals surface area (Å²) < 4.78 is 8.24. The minimum absolute atomic E-state index is 0.150. The van der Waals surface area contributed by atoms with Gasteiger partial charge in [-0.2, -0.15) is 5.26 Å². The van der Waals surface area contributed by atoms with E-state index in [1.165, 1.54) is 0 Å². The highest BCUT2D eigenvalue weighted by Crippen LogP contribution is 2.32. The maximum atomic E-state index is 13.6. The predicted octanol–water partition coefficient (Wildman–Crippen LogP) is 4.80. The van der Waals surface area contributed by atoms with Crippen LogP contribution in [0.15, 0.2) is 91.6 Å². The van der Waals surface area contributed by atoms with Gasteiger partial charge in [-0.15, -0.1) is 0 Å². The number of imidazole rings is 1. The molecular weight excluding hydrogens is 476 g/mol. The van der Waals surface area contributed by atoms with Gasteiger partial charge in [-0.05, 0) is 59.3 Å². The lowest BCUT2D eigenvalue weighted by Crippen LogP contribution is -2.42. The molecule has 3 heterocycles. The molecule has 5 aromatic rings. The third-order valence-electron chi connectivity index (χ3n) is 6.67. The van der Waals surface area contributed by atoms with Crippen molar-refractivity contribution in [3.63, 3.8) is 0 Å². The van der Waals surface area contributed by atoms with E-state index in [2.05, 4.69) is 26.7 Å². The van der Waals surface area contributed by atoms with Gasteiger partial charge in [-0.25, -0.2) is 4.98 Å². The first-order valence-electron chi connectivity index (χ1n) is 12.3. The van der Waals surface area contributed by atoms with E-state index >= 15 is 0 Å². The van der Waals surface area contributed by atoms with Crippen molar-refractivity contribution in [1.82, 2.24) is 19.9 Å². The molecular formula is C30H24N6O2. The Morgan fingerprint density at radius 2 is 2.00 bits per heavy atom. The van der Waals surface area contributed by atoms with Gasteiger partial charge in [0.05, 0.1) is 23.6 Å². The molecule has 1 aliphatic rings. The summed E-state index contributed by atoms with van der Waals surface area (Å²) >= 11 is 0. The molecule has 8 nitrogen and oxygen atoms in total. The molecule has 0 saturated heterocycles. The average molecular weight is 501 g/mol. The lowest BCUT2D eigenvalue weighted by Gasteiger charge is -2.20. The zero-order valence-electron chi connectivity index (χ0n) is 20.5. The third-order valence-corrected chi connectivity index (χ3v) is 6.67. The Kier molecular flexibility index (Phi) is 6.26. The number of hydrogen-bond donors (Lipinski definition) is 2. The fourth-order valence-electron chi connectivity index (χ4n) is 4.69. The highest BCUT2D eigenvalue weighted by molar-refractivity contribution is 6.04. The van der Waals surface area contributed by atoms with Crippen LogP contribution in [0.25, 0.3) is 10.8 Å². The van der Waals surface area contributed by atoms with Crippen LogP contribution in [-0.4, -0.2) is 26.5 Å². The Balaban J connectivity index is 1.44. The van der Waals surface area contributed by atoms with Gasteiger partial charge in [0.1, 0.15) is 17.6 Å². The lowest BCUT2D eigenvalue weighted by molar-refractivity contribution is -0.118. The number of benzene rings is 3. The number of rotatable bonds is 2. The van der Waals surface area contributed by atoms with E-state index in [4.69, 9.17) is 4.74 Å². The van der Waals surface area contributed by atoms with Crippen LogP contribution in [0.4, 0.5) is 5.69 Å². The van der Waals surface area contributed by atoms with Crippen molar-refractivity contribution in [2.75, 3.05) is 5.32 Å². The Hall–Kier alpha value is -5.00. The molecule has 1 atom stereocenters. The van der Waals surface area contributed by atoms with Crippen molar-refractivity contribution < 1.29 is 9.53 Å². The fraction of sp³-hybridized carbons (Fsp3) is 0.133. The second kappa shape index (κ2) is 10.2. The summed E-state index contributed by atoms with van der Waals surface area (Å²) in [5.41, 5.74) is 3.99. The molecule has 0 radical (unpaired) electrons. The van der Waals surface area contributed by atoms with Crippen LogP contribution in [0.3, 0.4) is 0 Å². The summed E-state index contributed by atoms with van der Waals surface area (Å²) in [6.45, 7) is 0.984. The highest BCUT2D eigenvalue weighted by atomic mass is 16.5. The average Bonchev–Trinajstić information content (AvgIpc) is 3.38. The molecule has 8 heteroatoms. The van der Waals surface area contributed by atoms with Crippen LogP contribution < -0.4 is 15.4 Å². The number of nitrogens with one attached hydrogen (secondary N) is 2. The number of fused-ring (bicyclic) bond motifs is 4. The van der Waals surface area contributed by atoms with E-state index < -0.39 is 6.04 Å². The SMILES string of the molecule is N#Cc1ccc2cc1Oc1ccc3cccc(c3c1)NC(=O)[C@@H](Cc1cccnc1)NCc1cncn1C2. The molecule has 1 aliphatic heterocycles. The molecule has 38 heavy (non-hydrogen) atoms. The number of ether oxygens (including phenoxy) is 1. The first-order valence-corrected chi connectivity index (χ1v) is 12.3. The van der Waals surface area contributed by atoms with E-state index in [1.807, 2.05) is 65.2 Å². The summed E-state index contributed by atoms with van der Waals surface area (Å²) in [6, 6.07) is 22.6. The van der Waals surface area contributed by atoms with Crippen molar-refractivity contribution in [1.29, 1.82) is 5.26 Å². The number of hydrogen-bond acceptors (Lipinski definition) is 6. The number of carbonyl (C=O) groups is 1. The van der Waals surface area contributed by atoms with Gasteiger partial charge in [0.15, 0.2) is 0 Å². The smallest absolute Gasteiger partial charge is 0.241 e. The van der Waals surface area contributed by atoms with Gasteiger partial charge in [0.2, 0.25) is 5.91 Å². The quantitative estimate of drug-likeness (QED) is 0.361. The Bertz CT molecular complexity index is 1670. The maximum Gasteiger partial charge on any atom is 0.241 e. The second-order valence-corrected chi connectivity index (χ2v) is 9.23. The molecule has 0 fully saturated rings. The monoisotopic (exact) mass is 500 g/mol. The molecule has 4 bridgehead atoms. The summed E-state index contributed by atoms with van der Waals surface area (Å²) in [5, 5.41) is 18.0. The van der Waals surface area contributed by atoms with E-state index in [-0.39, 0.29) is 5.91 Å². The van der Waals surface area contributed by atoms with Gasteiger partial charge in [-0.1, -0.05) is 30.3 Å². The molecule has 186 valence electrons. The Morgan fingerprint density at radius 1 is 1.05 bits per heavy atom. The van der Waals surface area contributed by atoms with Gasteiger partial charge in [0, 0.05) is 42.8 Å². The topological polar surface area (TPSA) is 105 Å². The fourth-order valence-corrected chi connectivity index (χ4v) is 4.69. The first kappa shape index (κ1) is 23.4. The predicted molar refractivity (Wildman–Crippen MR) is 144 cm³/mol. The van der Waals surface area contributed by atoms with E-state index in [9.17, 15) is 10.1 Å². The van der Waals surface area contributed by atoms with Gasteiger partial charge < -0.3 is 14.6 Å². The normalized spacial score (nSPS) is 15.3. The molecule has 0 aliphatic carbocycles. The summed E-state index contributed by atoms with van der Waals surface area (Å²) in [6.07, 6.45) is 7.54. The first-order chi connectivity index (χ1) is 18.7. The highest BCUT2D eigenvalue weighted by Gasteiger charge is 2.21. The molecule has 1 amide bonds. The van der Waals surface area contributed by atoms with Gasteiger partial charge in [-0.3, -0.25) is 15.1 Å². The van der Waals surface area contributed by atoms with Gasteiger partial charge >= 0.3 is 0 Å². The van der Waals surface area contributed by atoms with Crippen LogP contribution in [0.2, 0.25) is 0 Å². The van der Waals surface area contributed by atoms with Gasteiger partial charge in [0.25, 0.3) is 0 Å². The van der Waals surface area contributed by atoms with Crippen molar-refractivity contribution in [3.8, 4) is 17.6 Å². The zero-order valence-corrected chi connectivity index (χ0v) is 20.5. The number of nitriles is 1. The van der Waals surface area contributed by atoms with E-state index in [1.54, 1.807) is 31.0 Å². The molecule has 2 aromatic heterocycles. The molecule has 0 unspecified atom stereocenters. The number of amides is 1. The second-order valence-electron chi connectivity index (χ2n) is 9.23. The Morgan fingerprint density at radius 3 is 2.87 bits per heavy atom. The molecule has 2 N–H and O–H groups in total. The van der Waals surface area contributed by atoms with Crippen LogP contribution in [0.5, 0.6) is 11.5 Å². The van der Waals surface area contributed by atoms with Crippen molar-refractivity contribution in [2.45, 2.75) is 25.6 Å². The summed E-state index contributed by atoms with van der Waals surface area (Å²) in [7, 11) is 0. The van der Waals surface area contributed by atoms with Crippen LogP contribution >= 0.6 is 0 Å². The third kappa shape index (κ3) is 4.83. The maximum absolute atomic E-state index is 13.6. The standard InChI is InChI=1S/C30H24N6O2/c31-14-23-7-6-21-12-29(23)38-25-9-8-22-4-1-5-27(26(22)13-25)35-30(37)28(11-20-3-2-10-32-15-20)34-17-24-16-33-19-36(24)18-21/h1-10,12-13,15-16,19,28,34H,11,17-18H2,(H,35,37)/t28-/m1/s1. The molecule has 0 saturated carbocycles. The van der Waals surface area contributed by atoms with Crippen molar-refractivity contribution >= 4 is 22.4 Å². The van der Waals surface area contributed by atoms with Crippen molar-refractivity contribution in [2.24, 2.45) is 0 Å². The Labute approximate surface area is 219 Å². The minimum Gasteiger partial charge on any atom is -0.456 e.